The molecule has 2 N–H and O–H groups in total. The molecule has 3 unspecified atom stereocenters. The number of nitrogens with zero attached hydrogens (tertiary/aromatic N) is 1. The van der Waals surface area contributed by atoms with Crippen LogP contribution in [0.25, 0.3) is 0 Å². The minimum Gasteiger partial charge on any atom is -0.393 e. The van der Waals surface area contributed by atoms with E-state index in [-0.39, 0.29) is 6.10 Å². The van der Waals surface area contributed by atoms with Crippen molar-refractivity contribution in [2.75, 3.05) is 26.2 Å². The fraction of sp³-hybridized carbons (Fsp3) is 1.00. The minimum absolute atomic E-state index is 0.0222. The summed E-state index contributed by atoms with van der Waals surface area (Å²) in [5.74, 6) is 0.718. The van der Waals surface area contributed by atoms with Crippen LogP contribution in [0.15, 0.2) is 0 Å². The minimum atomic E-state index is -0.0222. The molecule has 0 spiro atoms. The van der Waals surface area contributed by atoms with E-state index < -0.39 is 0 Å². The number of aliphatic hydroxyl groups excluding tert-OH is 1. The van der Waals surface area contributed by atoms with Crippen LogP contribution in [0.5, 0.6) is 0 Å². The SMILES string of the molecule is CCCN1CCCC(NCC2CCC(O)C2)CC1. The van der Waals surface area contributed by atoms with E-state index in [0.717, 1.165) is 25.3 Å². The summed E-state index contributed by atoms with van der Waals surface area (Å²) >= 11 is 0. The van der Waals surface area contributed by atoms with Crippen molar-refractivity contribution in [3.63, 3.8) is 0 Å². The van der Waals surface area contributed by atoms with E-state index in [2.05, 4.69) is 17.1 Å². The lowest BCUT2D eigenvalue weighted by molar-refractivity contribution is 0.177. The summed E-state index contributed by atoms with van der Waals surface area (Å²) in [7, 11) is 0. The maximum Gasteiger partial charge on any atom is 0.0543 e. The lowest BCUT2D eigenvalue weighted by Crippen LogP contribution is -2.34. The van der Waals surface area contributed by atoms with Crippen LogP contribution >= 0.6 is 0 Å². The van der Waals surface area contributed by atoms with Crippen LogP contribution in [0.2, 0.25) is 0 Å². The highest BCUT2D eigenvalue weighted by Gasteiger charge is 2.24. The molecule has 0 amide bonds. The first-order chi connectivity index (χ1) is 8.78. The number of hydrogen-bond donors (Lipinski definition) is 2. The van der Waals surface area contributed by atoms with E-state index in [9.17, 15) is 5.11 Å². The molecule has 1 heterocycles. The molecular weight excluding hydrogens is 224 g/mol. The number of aliphatic hydroxyl groups is 1. The molecule has 106 valence electrons. The molecule has 2 rings (SSSR count). The number of likely N-dealkylation sites (tertiary alicyclic amines) is 1. The Morgan fingerprint density at radius 2 is 2.06 bits per heavy atom. The normalized spacial score (nSPS) is 34.7. The van der Waals surface area contributed by atoms with Crippen molar-refractivity contribution in [2.45, 2.75) is 64.0 Å². The van der Waals surface area contributed by atoms with Gasteiger partial charge in [-0.25, -0.2) is 0 Å². The highest BCUT2D eigenvalue weighted by Crippen LogP contribution is 2.25. The predicted molar refractivity (Wildman–Crippen MR) is 75.7 cm³/mol. The summed E-state index contributed by atoms with van der Waals surface area (Å²) < 4.78 is 0. The molecule has 1 aliphatic carbocycles. The van der Waals surface area contributed by atoms with E-state index in [4.69, 9.17) is 0 Å². The van der Waals surface area contributed by atoms with Gasteiger partial charge in [-0.3, -0.25) is 0 Å². The third-order valence-corrected chi connectivity index (χ3v) is 4.57. The molecule has 1 saturated carbocycles. The Morgan fingerprint density at radius 3 is 2.78 bits per heavy atom. The van der Waals surface area contributed by atoms with Gasteiger partial charge in [0.25, 0.3) is 0 Å². The van der Waals surface area contributed by atoms with Gasteiger partial charge >= 0.3 is 0 Å². The highest BCUT2D eigenvalue weighted by atomic mass is 16.3. The van der Waals surface area contributed by atoms with Gasteiger partial charge in [-0.15, -0.1) is 0 Å². The van der Waals surface area contributed by atoms with Crippen molar-refractivity contribution >= 4 is 0 Å². The fourth-order valence-electron chi connectivity index (χ4n) is 3.47. The monoisotopic (exact) mass is 254 g/mol. The summed E-state index contributed by atoms with van der Waals surface area (Å²) in [6, 6.07) is 0.713. The summed E-state index contributed by atoms with van der Waals surface area (Å²) in [6.45, 7) is 7.20. The third-order valence-electron chi connectivity index (χ3n) is 4.57. The van der Waals surface area contributed by atoms with E-state index in [1.807, 2.05) is 0 Å². The zero-order chi connectivity index (χ0) is 12.8. The van der Waals surface area contributed by atoms with Crippen LogP contribution < -0.4 is 5.32 Å². The van der Waals surface area contributed by atoms with E-state index in [1.165, 1.54) is 51.7 Å². The Labute approximate surface area is 112 Å². The van der Waals surface area contributed by atoms with E-state index in [0.29, 0.717) is 6.04 Å². The Kier molecular flexibility index (Phi) is 5.93. The lowest BCUT2D eigenvalue weighted by Gasteiger charge is -2.20. The zero-order valence-corrected chi connectivity index (χ0v) is 11.9. The molecule has 0 radical (unpaired) electrons. The summed E-state index contributed by atoms with van der Waals surface area (Å²) in [6.07, 6.45) is 8.46. The molecule has 0 aromatic rings. The van der Waals surface area contributed by atoms with Gasteiger partial charge in [-0.2, -0.15) is 0 Å². The van der Waals surface area contributed by atoms with Crippen LogP contribution in [0.1, 0.15) is 51.9 Å². The first-order valence-corrected chi connectivity index (χ1v) is 7.91. The van der Waals surface area contributed by atoms with Gasteiger partial charge in [0.05, 0.1) is 6.10 Å². The van der Waals surface area contributed by atoms with Gasteiger partial charge in [0.1, 0.15) is 0 Å². The number of hydrogen-bond acceptors (Lipinski definition) is 3. The second-order valence-electron chi connectivity index (χ2n) is 6.21. The molecule has 2 fully saturated rings. The van der Waals surface area contributed by atoms with Crippen LogP contribution in [-0.4, -0.2) is 48.3 Å². The average Bonchev–Trinajstić information content (AvgIpc) is 2.64. The standard InChI is InChI=1S/C15H30N2O/c1-2-8-17-9-3-4-14(7-10-17)16-12-13-5-6-15(18)11-13/h13-16,18H,2-12H2,1H3. The molecule has 0 aromatic heterocycles. The summed E-state index contributed by atoms with van der Waals surface area (Å²) in [5.41, 5.74) is 0. The van der Waals surface area contributed by atoms with Crippen LogP contribution in [-0.2, 0) is 0 Å². The van der Waals surface area contributed by atoms with Gasteiger partial charge in [0.2, 0.25) is 0 Å². The molecule has 3 atom stereocenters. The quantitative estimate of drug-likeness (QED) is 0.788. The Morgan fingerprint density at radius 1 is 1.17 bits per heavy atom. The molecule has 1 aliphatic heterocycles. The van der Waals surface area contributed by atoms with Gasteiger partial charge in [0, 0.05) is 6.04 Å². The van der Waals surface area contributed by atoms with Crippen molar-refractivity contribution in [3.8, 4) is 0 Å². The molecule has 1 saturated heterocycles. The smallest absolute Gasteiger partial charge is 0.0543 e. The summed E-state index contributed by atoms with van der Waals surface area (Å²) in [4.78, 5) is 2.61. The van der Waals surface area contributed by atoms with Crippen molar-refractivity contribution in [1.82, 2.24) is 10.2 Å². The maximum absolute atomic E-state index is 9.54. The molecular formula is C15H30N2O. The molecule has 2 aliphatic rings. The Hall–Kier alpha value is -0.120. The second-order valence-corrected chi connectivity index (χ2v) is 6.21. The Balaban J connectivity index is 1.64. The first kappa shape index (κ1) is 14.3. The molecule has 3 heteroatoms. The summed E-state index contributed by atoms with van der Waals surface area (Å²) in [5, 5.41) is 13.3. The molecule has 0 bridgehead atoms. The zero-order valence-electron chi connectivity index (χ0n) is 11.9. The number of nitrogens with one attached hydrogen (secondary N) is 1. The third kappa shape index (κ3) is 4.52. The largest absolute Gasteiger partial charge is 0.393 e. The second kappa shape index (κ2) is 7.46. The molecule has 3 nitrogen and oxygen atoms in total. The van der Waals surface area contributed by atoms with Crippen LogP contribution in [0.4, 0.5) is 0 Å². The molecule has 0 aromatic carbocycles. The first-order valence-electron chi connectivity index (χ1n) is 7.91. The maximum atomic E-state index is 9.54. The van der Waals surface area contributed by atoms with E-state index >= 15 is 0 Å². The van der Waals surface area contributed by atoms with Crippen molar-refractivity contribution in [1.29, 1.82) is 0 Å². The van der Waals surface area contributed by atoms with Crippen LogP contribution in [0, 0.1) is 5.92 Å². The van der Waals surface area contributed by atoms with Gasteiger partial charge in [-0.05, 0) is 77.0 Å². The predicted octanol–water partition coefficient (Wildman–Crippen LogP) is 2.00. The Bertz CT molecular complexity index is 235. The van der Waals surface area contributed by atoms with Gasteiger partial charge in [-0.1, -0.05) is 6.92 Å². The van der Waals surface area contributed by atoms with Crippen LogP contribution in [0.3, 0.4) is 0 Å². The van der Waals surface area contributed by atoms with E-state index in [1.54, 1.807) is 0 Å². The fourth-order valence-corrected chi connectivity index (χ4v) is 3.47. The lowest BCUT2D eigenvalue weighted by atomic mass is 10.1. The van der Waals surface area contributed by atoms with Gasteiger partial charge in [0.15, 0.2) is 0 Å². The highest BCUT2D eigenvalue weighted by molar-refractivity contribution is 4.80. The van der Waals surface area contributed by atoms with Crippen molar-refractivity contribution < 1.29 is 5.11 Å². The average molecular weight is 254 g/mol. The topological polar surface area (TPSA) is 35.5 Å². The van der Waals surface area contributed by atoms with Gasteiger partial charge < -0.3 is 15.3 Å². The number of rotatable bonds is 5. The van der Waals surface area contributed by atoms with Crippen molar-refractivity contribution in [2.24, 2.45) is 5.92 Å². The van der Waals surface area contributed by atoms with Crippen molar-refractivity contribution in [3.05, 3.63) is 0 Å². The molecule has 18 heavy (non-hydrogen) atoms.